The van der Waals surface area contributed by atoms with E-state index in [1.807, 2.05) is 6.07 Å². The van der Waals surface area contributed by atoms with E-state index in [4.69, 9.17) is 0 Å². The minimum atomic E-state index is -0.218. The van der Waals surface area contributed by atoms with Gasteiger partial charge in [0.25, 0.3) is 11.8 Å². The van der Waals surface area contributed by atoms with Gasteiger partial charge in [0.1, 0.15) is 0 Å². The van der Waals surface area contributed by atoms with Gasteiger partial charge in [-0.15, -0.1) is 0 Å². The molecule has 1 heterocycles. The topological polar surface area (TPSA) is 49.4 Å². The lowest BCUT2D eigenvalue weighted by Gasteiger charge is -2.15. The Balaban J connectivity index is 2.14. The Kier molecular flexibility index (Phi) is 3.88. The maximum atomic E-state index is 11.9. The highest BCUT2D eigenvalue weighted by molar-refractivity contribution is 6.21. The fourth-order valence-electron chi connectivity index (χ4n) is 2.32. The van der Waals surface area contributed by atoms with Crippen LogP contribution in [0.3, 0.4) is 0 Å². The number of fused-ring (bicyclic) bond motifs is 1. The normalized spacial score (nSPS) is 15.6. The van der Waals surface area contributed by atoms with Gasteiger partial charge in [-0.3, -0.25) is 14.5 Å². The van der Waals surface area contributed by atoms with E-state index in [-0.39, 0.29) is 11.8 Å². The van der Waals surface area contributed by atoms with Crippen molar-refractivity contribution in [1.29, 1.82) is 0 Å². The SMILES string of the molecule is CCCCC(C)Nc1ccc2c(c1)C(=O)N(C)C2=O. The van der Waals surface area contributed by atoms with Crippen LogP contribution in [0.4, 0.5) is 5.69 Å². The lowest BCUT2D eigenvalue weighted by molar-refractivity contribution is 0.0693. The van der Waals surface area contributed by atoms with Crippen LogP contribution in [-0.2, 0) is 0 Å². The first-order valence-corrected chi connectivity index (χ1v) is 6.77. The first-order chi connectivity index (χ1) is 9.04. The number of imide groups is 1. The van der Waals surface area contributed by atoms with Crippen LogP contribution >= 0.6 is 0 Å². The molecule has 2 rings (SSSR count). The third-order valence-corrected chi connectivity index (χ3v) is 3.49. The van der Waals surface area contributed by atoms with Crippen molar-refractivity contribution in [2.75, 3.05) is 12.4 Å². The molecule has 1 N–H and O–H groups in total. The van der Waals surface area contributed by atoms with Crippen LogP contribution in [0.1, 0.15) is 53.8 Å². The van der Waals surface area contributed by atoms with Crippen molar-refractivity contribution in [2.24, 2.45) is 0 Å². The molecule has 4 heteroatoms. The Morgan fingerprint density at radius 3 is 2.58 bits per heavy atom. The van der Waals surface area contributed by atoms with Crippen LogP contribution in [-0.4, -0.2) is 29.8 Å². The van der Waals surface area contributed by atoms with E-state index >= 15 is 0 Å². The Morgan fingerprint density at radius 1 is 1.21 bits per heavy atom. The molecule has 4 nitrogen and oxygen atoms in total. The predicted molar refractivity (Wildman–Crippen MR) is 75.5 cm³/mol. The number of carbonyl (C=O) groups is 2. The van der Waals surface area contributed by atoms with Crippen molar-refractivity contribution in [1.82, 2.24) is 4.90 Å². The third-order valence-electron chi connectivity index (χ3n) is 3.49. The second kappa shape index (κ2) is 5.43. The summed E-state index contributed by atoms with van der Waals surface area (Å²) in [6, 6.07) is 5.74. The maximum Gasteiger partial charge on any atom is 0.261 e. The van der Waals surface area contributed by atoms with E-state index in [1.165, 1.54) is 19.9 Å². The number of anilines is 1. The van der Waals surface area contributed by atoms with E-state index in [0.29, 0.717) is 17.2 Å². The van der Waals surface area contributed by atoms with Gasteiger partial charge >= 0.3 is 0 Å². The molecule has 102 valence electrons. The molecule has 0 bridgehead atoms. The van der Waals surface area contributed by atoms with Crippen molar-refractivity contribution in [3.8, 4) is 0 Å². The molecule has 2 amide bonds. The lowest BCUT2D eigenvalue weighted by atomic mass is 10.1. The number of amides is 2. The number of rotatable bonds is 5. The van der Waals surface area contributed by atoms with Crippen molar-refractivity contribution >= 4 is 17.5 Å². The summed E-state index contributed by atoms with van der Waals surface area (Å²) in [6.07, 6.45) is 3.45. The summed E-state index contributed by atoms with van der Waals surface area (Å²) >= 11 is 0. The number of hydrogen-bond acceptors (Lipinski definition) is 3. The summed E-state index contributed by atoms with van der Waals surface area (Å²) in [5.41, 5.74) is 1.90. The predicted octanol–water partition coefficient (Wildman–Crippen LogP) is 2.90. The molecule has 0 saturated carbocycles. The summed E-state index contributed by atoms with van der Waals surface area (Å²) in [6.45, 7) is 4.30. The molecule has 1 aliphatic rings. The molecule has 19 heavy (non-hydrogen) atoms. The third kappa shape index (κ3) is 2.62. The molecule has 0 radical (unpaired) electrons. The molecular formula is C15H20N2O2. The van der Waals surface area contributed by atoms with Gasteiger partial charge in [-0.1, -0.05) is 19.8 Å². The van der Waals surface area contributed by atoms with E-state index < -0.39 is 0 Å². The molecule has 0 aliphatic carbocycles. The molecule has 0 aromatic heterocycles. The highest BCUT2D eigenvalue weighted by atomic mass is 16.2. The molecule has 1 aromatic rings. The standard InChI is InChI=1S/C15H20N2O2/c1-4-5-6-10(2)16-11-7-8-12-13(9-11)15(19)17(3)14(12)18/h7-10,16H,4-6H2,1-3H3. The average Bonchev–Trinajstić information content (AvgIpc) is 2.61. The Morgan fingerprint density at radius 2 is 1.89 bits per heavy atom. The van der Waals surface area contributed by atoms with Crippen LogP contribution in [0.2, 0.25) is 0 Å². The molecule has 1 atom stereocenters. The van der Waals surface area contributed by atoms with E-state index in [0.717, 1.165) is 17.0 Å². The number of hydrogen-bond donors (Lipinski definition) is 1. The summed E-state index contributed by atoms with van der Waals surface area (Å²) in [5.74, 6) is -0.435. The molecule has 0 fully saturated rings. The maximum absolute atomic E-state index is 11.9. The monoisotopic (exact) mass is 260 g/mol. The summed E-state index contributed by atoms with van der Waals surface area (Å²) < 4.78 is 0. The first-order valence-electron chi connectivity index (χ1n) is 6.77. The second-order valence-corrected chi connectivity index (χ2v) is 5.12. The fraction of sp³-hybridized carbons (Fsp3) is 0.467. The van der Waals surface area contributed by atoms with Crippen molar-refractivity contribution in [3.05, 3.63) is 29.3 Å². The molecule has 1 unspecified atom stereocenters. The van der Waals surface area contributed by atoms with Gasteiger partial charge in [0.2, 0.25) is 0 Å². The number of benzene rings is 1. The summed E-state index contributed by atoms with van der Waals surface area (Å²) in [4.78, 5) is 24.8. The quantitative estimate of drug-likeness (QED) is 0.828. The Hall–Kier alpha value is -1.84. The molecule has 1 aromatic carbocycles. The van der Waals surface area contributed by atoms with Crippen LogP contribution in [0.25, 0.3) is 0 Å². The number of nitrogens with one attached hydrogen (secondary N) is 1. The van der Waals surface area contributed by atoms with Gasteiger partial charge in [0.15, 0.2) is 0 Å². The highest BCUT2D eigenvalue weighted by Gasteiger charge is 2.32. The van der Waals surface area contributed by atoms with Crippen LogP contribution in [0.15, 0.2) is 18.2 Å². The summed E-state index contributed by atoms with van der Waals surface area (Å²) in [7, 11) is 1.52. The lowest BCUT2D eigenvalue weighted by Crippen LogP contribution is -2.24. The van der Waals surface area contributed by atoms with Gasteiger partial charge < -0.3 is 5.32 Å². The van der Waals surface area contributed by atoms with Crippen LogP contribution < -0.4 is 5.32 Å². The summed E-state index contributed by atoms with van der Waals surface area (Å²) in [5, 5.41) is 3.37. The molecule has 0 spiro atoms. The molecule has 1 aliphatic heterocycles. The van der Waals surface area contributed by atoms with Crippen LogP contribution in [0.5, 0.6) is 0 Å². The molecule has 0 saturated heterocycles. The van der Waals surface area contributed by atoms with E-state index in [9.17, 15) is 9.59 Å². The van der Waals surface area contributed by atoms with Gasteiger partial charge in [-0.2, -0.15) is 0 Å². The molecular weight excluding hydrogens is 240 g/mol. The number of carbonyl (C=O) groups excluding carboxylic acids is 2. The number of unbranched alkanes of at least 4 members (excludes halogenated alkanes) is 1. The van der Waals surface area contributed by atoms with E-state index in [1.54, 1.807) is 12.1 Å². The first kappa shape index (κ1) is 13.6. The Bertz CT molecular complexity index is 511. The zero-order valence-electron chi connectivity index (χ0n) is 11.7. The van der Waals surface area contributed by atoms with Gasteiger partial charge in [-0.25, -0.2) is 0 Å². The van der Waals surface area contributed by atoms with Crippen molar-refractivity contribution in [3.63, 3.8) is 0 Å². The van der Waals surface area contributed by atoms with Crippen LogP contribution in [0, 0.1) is 0 Å². The van der Waals surface area contributed by atoms with Crippen molar-refractivity contribution in [2.45, 2.75) is 39.2 Å². The van der Waals surface area contributed by atoms with Gasteiger partial charge in [0.05, 0.1) is 11.1 Å². The van der Waals surface area contributed by atoms with Crippen molar-refractivity contribution < 1.29 is 9.59 Å². The average molecular weight is 260 g/mol. The van der Waals surface area contributed by atoms with Gasteiger partial charge in [-0.05, 0) is 31.5 Å². The Labute approximate surface area is 113 Å². The second-order valence-electron chi connectivity index (χ2n) is 5.12. The smallest absolute Gasteiger partial charge is 0.261 e. The van der Waals surface area contributed by atoms with Gasteiger partial charge in [0, 0.05) is 18.8 Å². The number of nitrogens with zero attached hydrogens (tertiary/aromatic N) is 1. The van der Waals surface area contributed by atoms with E-state index in [2.05, 4.69) is 19.2 Å². The zero-order valence-corrected chi connectivity index (χ0v) is 11.7. The minimum absolute atomic E-state index is 0.217. The zero-order chi connectivity index (χ0) is 14.0. The highest BCUT2D eigenvalue weighted by Crippen LogP contribution is 2.25. The fourth-order valence-corrected chi connectivity index (χ4v) is 2.32. The largest absolute Gasteiger partial charge is 0.383 e. The minimum Gasteiger partial charge on any atom is -0.383 e.